The van der Waals surface area contributed by atoms with Crippen LogP contribution in [0, 0.1) is 5.92 Å². The second kappa shape index (κ2) is 8.09. The van der Waals surface area contributed by atoms with Crippen molar-refractivity contribution in [2.45, 2.75) is 32.4 Å². The third-order valence-corrected chi connectivity index (χ3v) is 6.76. The second-order valence-corrected chi connectivity index (χ2v) is 9.12. The summed E-state index contributed by atoms with van der Waals surface area (Å²) in [5, 5.41) is 6.92. The normalized spacial score (nSPS) is 19.7. The van der Waals surface area contributed by atoms with Crippen LogP contribution in [0.4, 0.5) is 0 Å². The van der Waals surface area contributed by atoms with E-state index in [1.807, 2.05) is 49.4 Å². The molecule has 0 aliphatic carbocycles. The van der Waals surface area contributed by atoms with E-state index >= 15 is 0 Å². The number of carbonyl (C=O) groups excluding carboxylic acids is 2. The monoisotopic (exact) mass is 481 g/mol. The summed E-state index contributed by atoms with van der Waals surface area (Å²) in [5.41, 5.74) is 3.75. The Hall–Kier alpha value is -2.71. The molecule has 160 valence electrons. The zero-order valence-corrected chi connectivity index (χ0v) is 18.9. The lowest BCUT2D eigenvalue weighted by Crippen LogP contribution is -2.46. The number of H-pyrrole nitrogens is 1. The van der Waals surface area contributed by atoms with Crippen LogP contribution in [0.5, 0.6) is 0 Å². The van der Waals surface area contributed by atoms with Crippen molar-refractivity contribution in [1.82, 2.24) is 25.3 Å². The zero-order chi connectivity index (χ0) is 21.5. The third kappa shape index (κ3) is 3.74. The highest BCUT2D eigenvalue weighted by Crippen LogP contribution is 2.30. The fraction of sp³-hybridized carbons (Fsp3) is 0.348. The molecule has 3 heterocycles. The van der Waals surface area contributed by atoms with Crippen molar-refractivity contribution in [3.05, 3.63) is 63.9 Å². The summed E-state index contributed by atoms with van der Waals surface area (Å²) < 4.78 is 0.941. The second-order valence-electron chi connectivity index (χ2n) is 8.27. The molecular formula is C23H24BrN5O2. The highest BCUT2D eigenvalue weighted by Gasteiger charge is 2.38. The van der Waals surface area contributed by atoms with Crippen molar-refractivity contribution in [1.29, 1.82) is 0 Å². The fourth-order valence-electron chi connectivity index (χ4n) is 4.47. The number of para-hydroxylation sites is 1. The lowest BCUT2D eigenvalue weighted by Gasteiger charge is -2.28. The van der Waals surface area contributed by atoms with Gasteiger partial charge in [0.25, 0.3) is 5.91 Å². The Labute approximate surface area is 188 Å². The molecule has 0 bridgehead atoms. The van der Waals surface area contributed by atoms with Gasteiger partial charge in [-0.3, -0.25) is 14.6 Å². The van der Waals surface area contributed by atoms with Gasteiger partial charge >= 0.3 is 0 Å². The number of benzene rings is 2. The highest BCUT2D eigenvalue weighted by molar-refractivity contribution is 9.10. The van der Waals surface area contributed by atoms with Gasteiger partial charge < -0.3 is 10.3 Å². The maximum Gasteiger partial charge on any atom is 0.264 e. The van der Waals surface area contributed by atoms with Crippen molar-refractivity contribution in [2.24, 2.45) is 5.92 Å². The average molecular weight is 482 g/mol. The number of halogens is 1. The van der Waals surface area contributed by atoms with Gasteiger partial charge in [0.2, 0.25) is 5.91 Å². The summed E-state index contributed by atoms with van der Waals surface area (Å²) in [6, 6.07) is 13.1. The minimum atomic E-state index is -0.668. The Kier molecular flexibility index (Phi) is 5.27. The first-order valence-electron chi connectivity index (χ1n) is 10.6. The molecule has 1 saturated heterocycles. The maximum absolute atomic E-state index is 13.3. The van der Waals surface area contributed by atoms with Crippen molar-refractivity contribution in [3.8, 4) is 0 Å². The van der Waals surface area contributed by atoms with Crippen LogP contribution in [0.15, 0.2) is 46.9 Å². The van der Waals surface area contributed by atoms with Crippen molar-refractivity contribution >= 4 is 38.8 Å². The molecule has 1 fully saturated rings. The van der Waals surface area contributed by atoms with Crippen LogP contribution in [0.25, 0.3) is 11.0 Å². The van der Waals surface area contributed by atoms with Crippen LogP contribution < -0.4 is 5.32 Å². The van der Waals surface area contributed by atoms with Gasteiger partial charge in [-0.2, -0.15) is 0 Å². The number of nitrogens with zero attached hydrogens (tertiary/aromatic N) is 3. The van der Waals surface area contributed by atoms with E-state index in [2.05, 4.69) is 36.2 Å². The smallest absolute Gasteiger partial charge is 0.264 e. The van der Waals surface area contributed by atoms with Gasteiger partial charge in [0.15, 0.2) is 0 Å². The molecule has 2 atom stereocenters. The van der Waals surface area contributed by atoms with Gasteiger partial charge in [-0.05, 0) is 45.6 Å². The SMILES string of the molecule is C[C@H](Cc1nc2cccc(Br)c2[nH]1)C(=O)N[C@@H]1C(=O)N2CCCN2Cc2ccccc21. The minimum Gasteiger partial charge on any atom is -0.341 e. The Bertz CT molecular complexity index is 1160. The number of amides is 2. The van der Waals surface area contributed by atoms with E-state index in [1.165, 1.54) is 0 Å². The Morgan fingerprint density at radius 3 is 2.94 bits per heavy atom. The topological polar surface area (TPSA) is 81.3 Å². The quantitative estimate of drug-likeness (QED) is 0.598. The largest absolute Gasteiger partial charge is 0.341 e. The zero-order valence-electron chi connectivity index (χ0n) is 17.3. The molecule has 2 amide bonds. The molecule has 0 radical (unpaired) electrons. The molecule has 2 N–H and O–H groups in total. The van der Waals surface area contributed by atoms with Gasteiger partial charge in [0.1, 0.15) is 11.9 Å². The molecule has 7 nitrogen and oxygen atoms in total. The number of hydrogen-bond donors (Lipinski definition) is 2. The first-order valence-corrected chi connectivity index (χ1v) is 11.4. The van der Waals surface area contributed by atoms with E-state index in [4.69, 9.17) is 0 Å². The molecule has 2 aliphatic rings. The summed E-state index contributed by atoms with van der Waals surface area (Å²) >= 11 is 3.53. The Balaban J connectivity index is 1.36. The molecule has 5 rings (SSSR count). The molecule has 3 aromatic rings. The number of carbonyl (C=O) groups is 2. The third-order valence-electron chi connectivity index (χ3n) is 6.10. The number of nitrogens with one attached hydrogen (secondary N) is 2. The minimum absolute atomic E-state index is 0.0596. The summed E-state index contributed by atoms with van der Waals surface area (Å²) in [5.74, 6) is 0.205. The molecule has 2 aliphatic heterocycles. The van der Waals surface area contributed by atoms with Crippen LogP contribution >= 0.6 is 15.9 Å². The molecule has 31 heavy (non-hydrogen) atoms. The number of rotatable bonds is 4. The predicted octanol–water partition coefficient (Wildman–Crippen LogP) is 3.32. The van der Waals surface area contributed by atoms with Gasteiger partial charge in [-0.25, -0.2) is 9.99 Å². The van der Waals surface area contributed by atoms with Crippen LogP contribution in [0.3, 0.4) is 0 Å². The fourth-order valence-corrected chi connectivity index (χ4v) is 4.92. The number of imidazole rings is 1. The lowest BCUT2D eigenvalue weighted by atomic mass is 9.98. The molecule has 0 saturated carbocycles. The van der Waals surface area contributed by atoms with Gasteiger partial charge in [0.05, 0.1) is 11.0 Å². The van der Waals surface area contributed by atoms with E-state index in [0.717, 1.165) is 45.4 Å². The molecule has 1 aromatic heterocycles. The summed E-state index contributed by atoms with van der Waals surface area (Å²) in [4.78, 5) is 34.3. The predicted molar refractivity (Wildman–Crippen MR) is 121 cm³/mol. The summed E-state index contributed by atoms with van der Waals surface area (Å²) in [6.07, 6.45) is 1.41. The number of aromatic amines is 1. The first kappa shape index (κ1) is 20.2. The number of aromatic nitrogens is 2. The number of hydrazine groups is 1. The molecule has 8 heteroatoms. The van der Waals surface area contributed by atoms with Crippen LogP contribution in [0.2, 0.25) is 0 Å². The summed E-state index contributed by atoms with van der Waals surface area (Å²) in [6.45, 7) is 4.12. The molecule has 0 spiro atoms. The Morgan fingerprint density at radius 2 is 2.10 bits per heavy atom. The standard InChI is InChI=1S/C23H24BrN5O2/c1-14(12-19-25-18-9-4-8-17(24)21(18)26-19)22(30)27-20-16-7-3-2-6-15(16)13-28-10-5-11-29(28)23(20)31/h2-4,6-9,14,20H,5,10-13H2,1H3,(H,25,26)(H,27,30)/t14-,20+/m1/s1. The van der Waals surface area contributed by atoms with Crippen LogP contribution in [-0.4, -0.2) is 44.9 Å². The van der Waals surface area contributed by atoms with E-state index in [0.29, 0.717) is 19.5 Å². The van der Waals surface area contributed by atoms with E-state index in [-0.39, 0.29) is 17.7 Å². The van der Waals surface area contributed by atoms with E-state index in [1.54, 1.807) is 5.01 Å². The highest BCUT2D eigenvalue weighted by atomic mass is 79.9. The van der Waals surface area contributed by atoms with Gasteiger partial charge in [0, 0.05) is 36.4 Å². The summed E-state index contributed by atoms with van der Waals surface area (Å²) in [7, 11) is 0. The lowest BCUT2D eigenvalue weighted by molar-refractivity contribution is -0.148. The van der Waals surface area contributed by atoms with Crippen molar-refractivity contribution in [2.75, 3.05) is 13.1 Å². The van der Waals surface area contributed by atoms with Crippen molar-refractivity contribution in [3.63, 3.8) is 0 Å². The van der Waals surface area contributed by atoms with Crippen LogP contribution in [-0.2, 0) is 22.6 Å². The molecule has 0 unspecified atom stereocenters. The first-order chi connectivity index (χ1) is 15.0. The molecular weight excluding hydrogens is 458 g/mol. The van der Waals surface area contributed by atoms with E-state index < -0.39 is 6.04 Å². The average Bonchev–Trinajstić information content (AvgIpc) is 3.37. The van der Waals surface area contributed by atoms with Gasteiger partial charge in [-0.15, -0.1) is 0 Å². The van der Waals surface area contributed by atoms with E-state index in [9.17, 15) is 9.59 Å². The van der Waals surface area contributed by atoms with Gasteiger partial charge in [-0.1, -0.05) is 37.3 Å². The Morgan fingerprint density at radius 1 is 1.26 bits per heavy atom. The van der Waals surface area contributed by atoms with Crippen molar-refractivity contribution < 1.29 is 9.59 Å². The molecule has 2 aromatic carbocycles. The maximum atomic E-state index is 13.3. The number of fused-ring (bicyclic) bond motifs is 3. The number of hydrogen-bond acceptors (Lipinski definition) is 4. The van der Waals surface area contributed by atoms with Crippen LogP contribution in [0.1, 0.15) is 36.3 Å².